The second-order valence-corrected chi connectivity index (χ2v) is 6.19. The summed E-state index contributed by atoms with van der Waals surface area (Å²) in [5.74, 6) is 2.28. The van der Waals surface area contributed by atoms with Gasteiger partial charge in [-0.15, -0.1) is 0 Å². The van der Waals surface area contributed by atoms with Gasteiger partial charge in [0.25, 0.3) is 0 Å². The molecule has 126 valence electrons. The molecule has 0 saturated carbocycles. The molecule has 0 unspecified atom stereocenters. The normalized spacial score (nSPS) is 22.7. The van der Waals surface area contributed by atoms with Crippen LogP contribution in [0.3, 0.4) is 0 Å². The minimum atomic E-state index is -0.528. The lowest BCUT2D eigenvalue weighted by molar-refractivity contribution is 0.0546. The highest BCUT2D eigenvalue weighted by molar-refractivity contribution is 5.66. The molecule has 3 heterocycles. The summed E-state index contributed by atoms with van der Waals surface area (Å²) in [6, 6.07) is 11.7. The summed E-state index contributed by atoms with van der Waals surface area (Å²) >= 11 is 0. The van der Waals surface area contributed by atoms with Gasteiger partial charge < -0.3 is 24.6 Å². The van der Waals surface area contributed by atoms with Crippen LogP contribution in [0.2, 0.25) is 0 Å². The van der Waals surface area contributed by atoms with Gasteiger partial charge in [-0.2, -0.15) is 0 Å². The number of anilines is 1. The molecule has 0 radical (unpaired) electrons. The fourth-order valence-electron chi connectivity index (χ4n) is 3.22. The van der Waals surface area contributed by atoms with E-state index >= 15 is 0 Å². The van der Waals surface area contributed by atoms with Crippen LogP contribution in [0.4, 0.5) is 5.82 Å². The van der Waals surface area contributed by atoms with Crippen molar-refractivity contribution in [3.8, 4) is 22.8 Å². The van der Waals surface area contributed by atoms with Crippen molar-refractivity contribution in [1.29, 1.82) is 0 Å². The summed E-state index contributed by atoms with van der Waals surface area (Å²) in [6.07, 6.45) is 0.230. The quantitative estimate of drug-likeness (QED) is 0.892. The minimum Gasteiger partial charge on any atom is -0.454 e. The number of hydrogen-bond acceptors (Lipinski definition) is 6. The number of fused-ring (bicyclic) bond motifs is 1. The first-order chi connectivity index (χ1) is 11.7. The van der Waals surface area contributed by atoms with E-state index in [-0.39, 0.29) is 19.3 Å². The molecule has 1 aromatic heterocycles. The Morgan fingerprint density at radius 2 is 2.04 bits per heavy atom. The number of nitrogens with zero attached hydrogens (tertiary/aromatic N) is 2. The lowest BCUT2D eigenvalue weighted by Gasteiger charge is -2.35. The molecule has 2 atom stereocenters. The van der Waals surface area contributed by atoms with Crippen molar-refractivity contribution < 1.29 is 19.7 Å². The van der Waals surface area contributed by atoms with Gasteiger partial charge in [-0.1, -0.05) is 6.07 Å². The van der Waals surface area contributed by atoms with Crippen LogP contribution in [-0.4, -0.2) is 47.8 Å². The van der Waals surface area contributed by atoms with Crippen molar-refractivity contribution in [2.45, 2.75) is 12.5 Å². The van der Waals surface area contributed by atoms with Crippen molar-refractivity contribution in [3.63, 3.8) is 0 Å². The zero-order valence-electron chi connectivity index (χ0n) is 13.3. The second-order valence-electron chi connectivity index (χ2n) is 6.19. The van der Waals surface area contributed by atoms with E-state index in [1.807, 2.05) is 36.4 Å². The Morgan fingerprint density at radius 3 is 2.88 bits per heavy atom. The van der Waals surface area contributed by atoms with Gasteiger partial charge in [0.1, 0.15) is 5.82 Å². The maximum Gasteiger partial charge on any atom is 0.231 e. The Morgan fingerprint density at radius 1 is 1.17 bits per heavy atom. The van der Waals surface area contributed by atoms with E-state index < -0.39 is 6.10 Å². The predicted molar refractivity (Wildman–Crippen MR) is 89.2 cm³/mol. The third-order valence-corrected chi connectivity index (χ3v) is 4.68. The Labute approximate surface area is 140 Å². The van der Waals surface area contributed by atoms with Gasteiger partial charge in [-0.3, -0.25) is 0 Å². The van der Waals surface area contributed by atoms with Gasteiger partial charge in [0, 0.05) is 31.2 Å². The van der Waals surface area contributed by atoms with Gasteiger partial charge >= 0.3 is 0 Å². The molecule has 0 bridgehead atoms. The summed E-state index contributed by atoms with van der Waals surface area (Å²) in [4.78, 5) is 6.80. The molecule has 6 nitrogen and oxygen atoms in total. The molecule has 0 amide bonds. The van der Waals surface area contributed by atoms with Crippen molar-refractivity contribution in [2.24, 2.45) is 5.92 Å². The lowest BCUT2D eigenvalue weighted by atomic mass is 9.95. The number of β-amino-alcohol motifs (C(OH)–C–C–N with tert-alkyl or cyclic N) is 1. The van der Waals surface area contributed by atoms with Crippen LogP contribution in [0.1, 0.15) is 6.42 Å². The first-order valence-electron chi connectivity index (χ1n) is 8.15. The van der Waals surface area contributed by atoms with Gasteiger partial charge in [-0.25, -0.2) is 4.98 Å². The highest BCUT2D eigenvalue weighted by atomic mass is 16.7. The molecule has 0 aliphatic carbocycles. The molecule has 1 aromatic carbocycles. The summed E-state index contributed by atoms with van der Waals surface area (Å²) < 4.78 is 10.8. The van der Waals surface area contributed by atoms with Gasteiger partial charge in [0.15, 0.2) is 11.5 Å². The number of aromatic nitrogens is 1. The molecule has 24 heavy (non-hydrogen) atoms. The molecule has 2 aliphatic heterocycles. The van der Waals surface area contributed by atoms with Gasteiger partial charge in [-0.05, 0) is 36.8 Å². The lowest BCUT2D eigenvalue weighted by Crippen LogP contribution is -2.45. The Hall–Kier alpha value is -2.31. The van der Waals surface area contributed by atoms with Crippen molar-refractivity contribution in [2.75, 3.05) is 31.4 Å². The number of aliphatic hydroxyl groups excluding tert-OH is 2. The SMILES string of the molecule is OC[C@H]1CCN(c2cccc(-c3ccc4c(c3)OCO4)n2)C[C@H]1O. The monoisotopic (exact) mass is 328 g/mol. The Kier molecular flexibility index (Phi) is 4.00. The topological polar surface area (TPSA) is 75.1 Å². The van der Waals surface area contributed by atoms with Crippen LogP contribution < -0.4 is 14.4 Å². The third-order valence-electron chi connectivity index (χ3n) is 4.68. The first-order valence-corrected chi connectivity index (χ1v) is 8.15. The van der Waals surface area contributed by atoms with Crippen LogP contribution in [0, 0.1) is 5.92 Å². The van der Waals surface area contributed by atoms with Crippen LogP contribution >= 0.6 is 0 Å². The molecule has 1 fully saturated rings. The van der Waals surface area contributed by atoms with Crippen molar-refractivity contribution in [1.82, 2.24) is 4.98 Å². The summed E-state index contributed by atoms with van der Waals surface area (Å²) in [6.45, 7) is 1.55. The Bertz CT molecular complexity index is 737. The molecular weight excluding hydrogens is 308 g/mol. The number of benzene rings is 1. The average Bonchev–Trinajstić information content (AvgIpc) is 3.09. The standard InChI is InChI=1S/C18H20N2O4/c21-10-13-6-7-20(9-15(13)22)18-3-1-2-14(19-18)12-4-5-16-17(8-12)24-11-23-16/h1-5,8,13,15,21-22H,6-7,9-11H2/t13-,15-/m1/s1. The van der Waals surface area contributed by atoms with Crippen LogP contribution in [-0.2, 0) is 0 Å². The highest BCUT2D eigenvalue weighted by Crippen LogP contribution is 2.35. The van der Waals surface area contributed by atoms with E-state index in [0.717, 1.165) is 41.5 Å². The maximum absolute atomic E-state index is 10.1. The number of pyridine rings is 1. The van der Waals surface area contributed by atoms with Gasteiger partial charge in [0.2, 0.25) is 6.79 Å². The number of hydrogen-bond donors (Lipinski definition) is 2. The molecule has 2 aromatic rings. The number of piperidine rings is 1. The fraction of sp³-hybridized carbons (Fsp3) is 0.389. The molecular formula is C18H20N2O4. The van der Waals surface area contributed by atoms with E-state index in [9.17, 15) is 10.2 Å². The largest absolute Gasteiger partial charge is 0.454 e. The summed E-state index contributed by atoms with van der Waals surface area (Å²) in [7, 11) is 0. The number of rotatable bonds is 3. The molecule has 2 N–H and O–H groups in total. The summed E-state index contributed by atoms with van der Waals surface area (Å²) in [5, 5.41) is 19.4. The van der Waals surface area contributed by atoms with E-state index in [1.165, 1.54) is 0 Å². The van der Waals surface area contributed by atoms with Crippen molar-refractivity contribution >= 4 is 5.82 Å². The van der Waals surface area contributed by atoms with Crippen molar-refractivity contribution in [3.05, 3.63) is 36.4 Å². The molecule has 6 heteroatoms. The molecule has 0 spiro atoms. The first kappa shape index (κ1) is 15.2. The van der Waals surface area contributed by atoms with Gasteiger partial charge in [0.05, 0.1) is 11.8 Å². The Balaban J connectivity index is 1.58. The average molecular weight is 328 g/mol. The van der Waals surface area contributed by atoms with E-state index in [1.54, 1.807) is 0 Å². The second kappa shape index (κ2) is 6.30. The summed E-state index contributed by atoms with van der Waals surface area (Å²) in [5.41, 5.74) is 1.82. The van der Waals surface area contributed by atoms with E-state index in [4.69, 9.17) is 14.5 Å². The fourth-order valence-corrected chi connectivity index (χ4v) is 3.22. The molecule has 4 rings (SSSR count). The minimum absolute atomic E-state index is 0.0275. The van der Waals surface area contributed by atoms with Crippen LogP contribution in [0.5, 0.6) is 11.5 Å². The zero-order valence-corrected chi connectivity index (χ0v) is 13.3. The predicted octanol–water partition coefficient (Wildman–Crippen LogP) is 1.66. The molecule has 2 aliphatic rings. The highest BCUT2D eigenvalue weighted by Gasteiger charge is 2.27. The number of ether oxygens (including phenoxy) is 2. The van der Waals surface area contributed by atoms with E-state index in [0.29, 0.717) is 6.54 Å². The van der Waals surface area contributed by atoms with E-state index in [2.05, 4.69) is 4.90 Å². The zero-order chi connectivity index (χ0) is 16.5. The van der Waals surface area contributed by atoms with Crippen LogP contribution in [0.15, 0.2) is 36.4 Å². The third kappa shape index (κ3) is 2.79. The maximum atomic E-state index is 10.1. The smallest absolute Gasteiger partial charge is 0.231 e. The van der Waals surface area contributed by atoms with Crippen LogP contribution in [0.25, 0.3) is 11.3 Å². The number of aliphatic hydroxyl groups is 2. The molecule has 1 saturated heterocycles.